The highest BCUT2D eigenvalue weighted by Gasteiger charge is 2.70. The number of carbonyl (C=O) groups excluding carboxylic acids is 5. The molecule has 5 fully saturated rings. The number of hydrogen-bond donors (Lipinski definition) is 4. The minimum atomic E-state index is -3.64. The second-order valence-corrected chi connectivity index (χ2v) is 19.8. The first-order valence-electron chi connectivity index (χ1n) is 17.8. The lowest BCUT2D eigenvalue weighted by molar-refractivity contribution is -0.145. The number of fused-ring (bicyclic) bond motifs is 1. The molecule has 5 amide bonds. The highest BCUT2D eigenvalue weighted by molar-refractivity contribution is 7.87. The Hall–Kier alpha value is -2.78. The Labute approximate surface area is 291 Å². The molecule has 0 spiro atoms. The van der Waals surface area contributed by atoms with Crippen molar-refractivity contribution in [1.82, 2.24) is 29.5 Å². The number of Topliss-reactive ketones (excluding diaryl/α,β-unsaturated/α-hetero) is 1. The van der Waals surface area contributed by atoms with Crippen molar-refractivity contribution in [2.75, 3.05) is 32.7 Å². The first-order chi connectivity index (χ1) is 22.5. The van der Waals surface area contributed by atoms with Crippen LogP contribution in [0, 0.1) is 39.9 Å². The molecule has 3 saturated carbocycles. The van der Waals surface area contributed by atoms with Gasteiger partial charge >= 0.3 is 6.03 Å². The summed E-state index contributed by atoms with van der Waals surface area (Å²) in [5, 5.41) is 8.62. The number of hydrogen-bond acceptors (Lipinski definition) is 7. The highest BCUT2D eigenvalue weighted by Crippen LogP contribution is 2.65. The molecule has 0 bridgehead atoms. The number of nitrogens with one attached hydrogen (secondary N) is 3. The number of carbonyl (C=O) groups is 5. The number of nitrogens with zero attached hydrogens (tertiary/aromatic N) is 3. The third kappa shape index (κ3) is 8.08. The number of rotatable bonds is 13. The predicted octanol–water partition coefficient (Wildman–Crippen LogP) is 1.21. The van der Waals surface area contributed by atoms with Crippen LogP contribution in [-0.2, 0) is 29.4 Å². The molecule has 0 aromatic rings. The van der Waals surface area contributed by atoms with Crippen LogP contribution in [0.3, 0.4) is 0 Å². The molecule has 5 aliphatic rings. The zero-order chi connectivity index (χ0) is 36.4. The molecule has 0 radical (unpaired) electrons. The number of nitrogens with two attached hydrogens (primary N) is 1. The second kappa shape index (κ2) is 13.1. The topological polar surface area (TPSA) is 191 Å². The average molecular weight is 708 g/mol. The van der Waals surface area contributed by atoms with Crippen LogP contribution in [0.2, 0.25) is 0 Å². The summed E-state index contributed by atoms with van der Waals surface area (Å²) in [4.78, 5) is 67.9. The van der Waals surface area contributed by atoms with Gasteiger partial charge in [0.05, 0.1) is 6.04 Å². The molecular weight excluding hydrogens is 650 g/mol. The molecule has 2 aliphatic heterocycles. The lowest BCUT2D eigenvalue weighted by atomic mass is 9.85. The molecule has 14 nitrogen and oxygen atoms in total. The average Bonchev–Trinajstić information content (AvgIpc) is 3.93. The molecule has 2 heterocycles. The van der Waals surface area contributed by atoms with E-state index in [2.05, 4.69) is 16.0 Å². The summed E-state index contributed by atoms with van der Waals surface area (Å²) in [6.45, 7) is 17.1. The van der Waals surface area contributed by atoms with Crippen LogP contribution in [0.4, 0.5) is 4.79 Å². The van der Waals surface area contributed by atoms with E-state index in [1.54, 1.807) is 0 Å². The number of primary amides is 1. The predicted molar refractivity (Wildman–Crippen MR) is 183 cm³/mol. The standard InChI is InChI=1S/C34H57N7O7S/c1-32(2,3)23(18-40-14-13-39(49(40,47)48)16-20-11-12-20)37-31(46)38-27(33(4,5)6)30(45)41-17-21-24(34(21,7)8)25(41)29(44)36-22(15-19-9-10-19)26(42)28(35)43/h19-25,27H,9-18H2,1-8H3,(H2,35,43)(H,36,44)(H2,37,38,46)/t21-,22?,23+,24-,25?,27+/m0/s1. The maximum atomic E-state index is 14.4. The summed E-state index contributed by atoms with van der Waals surface area (Å²) in [6.07, 6.45) is 4.24. The minimum absolute atomic E-state index is 0.0579. The van der Waals surface area contributed by atoms with E-state index >= 15 is 0 Å². The Balaban J connectivity index is 1.30. The van der Waals surface area contributed by atoms with Gasteiger partial charge in [-0.15, -0.1) is 0 Å². The number of piperidine rings is 1. The van der Waals surface area contributed by atoms with Crippen LogP contribution < -0.4 is 21.7 Å². The van der Waals surface area contributed by atoms with Gasteiger partial charge in [0.15, 0.2) is 0 Å². The third-order valence-electron chi connectivity index (χ3n) is 11.4. The van der Waals surface area contributed by atoms with Crippen molar-refractivity contribution in [3.63, 3.8) is 0 Å². The monoisotopic (exact) mass is 707 g/mol. The number of urea groups is 1. The van der Waals surface area contributed by atoms with E-state index in [9.17, 15) is 32.4 Å². The number of amides is 5. The molecule has 6 atom stereocenters. The summed E-state index contributed by atoms with van der Waals surface area (Å²) < 4.78 is 29.6. The fourth-order valence-electron chi connectivity index (χ4n) is 7.62. The second-order valence-electron chi connectivity index (χ2n) is 17.9. The zero-order valence-corrected chi connectivity index (χ0v) is 31.2. The van der Waals surface area contributed by atoms with Crippen molar-refractivity contribution in [3.8, 4) is 0 Å². The molecule has 5 rings (SSSR count). The summed E-state index contributed by atoms with van der Waals surface area (Å²) in [7, 11) is -3.64. The van der Waals surface area contributed by atoms with E-state index < -0.39 is 74.7 Å². The maximum Gasteiger partial charge on any atom is 0.315 e. The van der Waals surface area contributed by atoms with Crippen LogP contribution in [0.1, 0.15) is 87.5 Å². The van der Waals surface area contributed by atoms with Crippen LogP contribution in [0.25, 0.3) is 0 Å². The van der Waals surface area contributed by atoms with Gasteiger partial charge in [-0.1, -0.05) is 68.2 Å². The molecule has 3 aliphatic carbocycles. The van der Waals surface area contributed by atoms with E-state index in [1.165, 1.54) is 13.5 Å². The van der Waals surface area contributed by atoms with Crippen molar-refractivity contribution >= 4 is 39.7 Å². The van der Waals surface area contributed by atoms with Crippen molar-refractivity contribution in [1.29, 1.82) is 0 Å². The molecule has 49 heavy (non-hydrogen) atoms. The van der Waals surface area contributed by atoms with Gasteiger partial charge < -0.3 is 26.6 Å². The van der Waals surface area contributed by atoms with E-state index in [0.29, 0.717) is 38.5 Å². The molecule has 0 aromatic heterocycles. The van der Waals surface area contributed by atoms with E-state index in [-0.39, 0.29) is 29.7 Å². The summed E-state index contributed by atoms with van der Waals surface area (Å²) in [5.74, 6) is -2.31. The molecule has 0 aromatic carbocycles. The third-order valence-corrected chi connectivity index (χ3v) is 13.4. The smallest absolute Gasteiger partial charge is 0.315 e. The van der Waals surface area contributed by atoms with Crippen LogP contribution in [0.15, 0.2) is 0 Å². The first-order valence-corrected chi connectivity index (χ1v) is 19.2. The Morgan fingerprint density at radius 2 is 1.45 bits per heavy atom. The molecule has 2 unspecified atom stereocenters. The lowest BCUT2D eigenvalue weighted by Gasteiger charge is -2.39. The summed E-state index contributed by atoms with van der Waals surface area (Å²) in [6, 6.07) is -4.13. The van der Waals surface area contributed by atoms with Crippen LogP contribution in [-0.4, -0.2) is 108 Å². The number of likely N-dealkylation sites (tertiary alicyclic amines) is 1. The van der Waals surface area contributed by atoms with Gasteiger partial charge in [0.25, 0.3) is 16.1 Å². The van der Waals surface area contributed by atoms with Crippen molar-refractivity contribution in [2.45, 2.75) is 112 Å². The Morgan fingerprint density at radius 1 is 0.857 bits per heavy atom. The van der Waals surface area contributed by atoms with Crippen molar-refractivity contribution < 1.29 is 32.4 Å². The normalized spacial score (nSPS) is 28.2. The molecule has 15 heteroatoms. The Kier molecular flexibility index (Phi) is 10.0. The largest absolute Gasteiger partial charge is 0.363 e. The van der Waals surface area contributed by atoms with Crippen LogP contribution >= 0.6 is 0 Å². The summed E-state index contributed by atoms with van der Waals surface area (Å²) in [5.41, 5.74) is 3.84. The summed E-state index contributed by atoms with van der Waals surface area (Å²) >= 11 is 0. The fourth-order valence-corrected chi connectivity index (χ4v) is 9.31. The van der Waals surface area contributed by atoms with E-state index in [4.69, 9.17) is 5.73 Å². The first kappa shape index (κ1) is 37.5. The zero-order valence-electron chi connectivity index (χ0n) is 30.4. The van der Waals surface area contributed by atoms with E-state index in [1.807, 2.05) is 55.4 Å². The van der Waals surface area contributed by atoms with Crippen molar-refractivity contribution in [2.24, 2.45) is 45.7 Å². The fraction of sp³-hybridized carbons (Fsp3) is 0.853. The van der Waals surface area contributed by atoms with Gasteiger partial charge in [-0.3, -0.25) is 19.2 Å². The highest BCUT2D eigenvalue weighted by atomic mass is 32.2. The van der Waals surface area contributed by atoms with Gasteiger partial charge in [-0.25, -0.2) is 4.79 Å². The Morgan fingerprint density at radius 3 is 1.98 bits per heavy atom. The van der Waals surface area contributed by atoms with Gasteiger partial charge in [0.1, 0.15) is 12.1 Å². The molecular formula is C34H57N7O7S. The molecule has 2 saturated heterocycles. The lowest BCUT2D eigenvalue weighted by Crippen LogP contribution is -2.62. The quantitative estimate of drug-likeness (QED) is 0.207. The van der Waals surface area contributed by atoms with Crippen molar-refractivity contribution in [3.05, 3.63) is 0 Å². The number of ketones is 1. The van der Waals surface area contributed by atoms with Gasteiger partial charge in [0.2, 0.25) is 17.6 Å². The SMILES string of the molecule is CC(C)(C)[C@H](NC(=O)N[C@H](CN1CCN(CC2CC2)S1(=O)=O)C(C)(C)C)C(=O)N1C[C@H]2[C@@H](C1C(=O)NC(CC1CC1)C(=O)C(N)=O)C2(C)C. The van der Waals surface area contributed by atoms with E-state index in [0.717, 1.165) is 25.7 Å². The van der Waals surface area contributed by atoms with Crippen LogP contribution in [0.5, 0.6) is 0 Å². The Bertz CT molecular complexity index is 1460. The molecule has 276 valence electrons. The minimum Gasteiger partial charge on any atom is -0.363 e. The van der Waals surface area contributed by atoms with Gasteiger partial charge in [0, 0.05) is 38.8 Å². The maximum absolute atomic E-state index is 14.4. The molecule has 5 N–H and O–H groups in total. The van der Waals surface area contributed by atoms with Gasteiger partial charge in [-0.2, -0.15) is 17.0 Å². The van der Waals surface area contributed by atoms with Gasteiger partial charge in [-0.05, 0) is 59.2 Å².